The van der Waals surface area contributed by atoms with Crippen molar-refractivity contribution in [1.29, 1.82) is 0 Å². The molecule has 1 fully saturated rings. The average molecular weight is 175 g/mol. The van der Waals surface area contributed by atoms with Crippen LogP contribution in [-0.4, -0.2) is 19.7 Å². The third-order valence-electron chi connectivity index (χ3n) is 2.35. The molecule has 0 spiro atoms. The highest BCUT2D eigenvalue weighted by Crippen LogP contribution is 2.39. The lowest BCUT2D eigenvalue weighted by Gasteiger charge is -1.93. The maximum atomic E-state index is 9.45. The third-order valence-corrected chi connectivity index (χ3v) is 2.35. The first-order valence-corrected chi connectivity index (χ1v) is 4.38. The van der Waals surface area contributed by atoms with Gasteiger partial charge in [-0.15, -0.1) is 0 Å². The molecule has 0 atom stereocenters. The molecule has 2 heterocycles. The lowest BCUT2D eigenvalue weighted by atomic mass is 10.3. The molecule has 2 aromatic heterocycles. The topological polar surface area (TPSA) is 50.4 Å². The molecule has 0 saturated heterocycles. The largest absolute Gasteiger partial charge is 0.493 e. The van der Waals surface area contributed by atoms with Crippen molar-refractivity contribution >= 4 is 5.65 Å². The SMILES string of the molecule is Oc1ccnc2cc(C3CC3)nn12. The van der Waals surface area contributed by atoms with E-state index in [-0.39, 0.29) is 5.88 Å². The van der Waals surface area contributed by atoms with E-state index in [9.17, 15) is 5.11 Å². The fourth-order valence-corrected chi connectivity index (χ4v) is 1.48. The van der Waals surface area contributed by atoms with Crippen molar-refractivity contribution in [1.82, 2.24) is 14.6 Å². The standard InChI is InChI=1S/C9H9N3O/c13-9-3-4-10-8-5-7(6-1-2-6)11-12(8)9/h3-6,13H,1-2H2. The Balaban J connectivity index is 2.26. The maximum absolute atomic E-state index is 9.45. The van der Waals surface area contributed by atoms with Gasteiger partial charge in [-0.1, -0.05) is 0 Å². The second-order valence-corrected chi connectivity index (χ2v) is 3.42. The summed E-state index contributed by atoms with van der Waals surface area (Å²) in [6.07, 6.45) is 4.01. The van der Waals surface area contributed by atoms with Gasteiger partial charge in [0.05, 0.1) is 5.69 Å². The lowest BCUT2D eigenvalue weighted by molar-refractivity contribution is 0.434. The number of aromatic nitrogens is 3. The molecule has 13 heavy (non-hydrogen) atoms. The van der Waals surface area contributed by atoms with Crippen LogP contribution in [0.5, 0.6) is 5.88 Å². The summed E-state index contributed by atoms with van der Waals surface area (Å²) in [6.45, 7) is 0. The van der Waals surface area contributed by atoms with Gasteiger partial charge in [-0.2, -0.15) is 9.61 Å². The van der Waals surface area contributed by atoms with Crippen molar-refractivity contribution in [2.45, 2.75) is 18.8 Å². The smallest absolute Gasteiger partial charge is 0.215 e. The number of hydrogen-bond acceptors (Lipinski definition) is 3. The van der Waals surface area contributed by atoms with Gasteiger partial charge < -0.3 is 5.11 Å². The molecular weight excluding hydrogens is 166 g/mol. The minimum atomic E-state index is 0.150. The Morgan fingerprint density at radius 2 is 2.31 bits per heavy atom. The first-order chi connectivity index (χ1) is 6.34. The minimum absolute atomic E-state index is 0.150. The van der Waals surface area contributed by atoms with Gasteiger partial charge in [0, 0.05) is 24.2 Å². The Hall–Kier alpha value is -1.58. The highest BCUT2D eigenvalue weighted by Gasteiger charge is 2.26. The predicted molar refractivity (Wildman–Crippen MR) is 46.6 cm³/mol. The molecule has 4 heteroatoms. The van der Waals surface area contributed by atoms with Crippen LogP contribution < -0.4 is 0 Å². The van der Waals surface area contributed by atoms with Crippen LogP contribution in [0, 0.1) is 0 Å². The van der Waals surface area contributed by atoms with Crippen molar-refractivity contribution < 1.29 is 5.11 Å². The van der Waals surface area contributed by atoms with E-state index in [0.29, 0.717) is 5.92 Å². The molecule has 1 aliphatic rings. The Labute approximate surface area is 74.8 Å². The summed E-state index contributed by atoms with van der Waals surface area (Å²) in [4.78, 5) is 4.11. The lowest BCUT2D eigenvalue weighted by Crippen LogP contribution is -1.90. The van der Waals surface area contributed by atoms with Crippen LogP contribution in [0.15, 0.2) is 18.3 Å². The molecule has 0 unspecified atom stereocenters. The molecule has 0 aliphatic heterocycles. The van der Waals surface area contributed by atoms with E-state index in [4.69, 9.17) is 0 Å². The Kier molecular flexibility index (Phi) is 1.17. The second-order valence-electron chi connectivity index (χ2n) is 3.42. The quantitative estimate of drug-likeness (QED) is 0.711. The van der Waals surface area contributed by atoms with Crippen LogP contribution in [0.25, 0.3) is 5.65 Å². The maximum Gasteiger partial charge on any atom is 0.215 e. The monoisotopic (exact) mass is 175 g/mol. The zero-order chi connectivity index (χ0) is 8.84. The Morgan fingerprint density at radius 3 is 3.00 bits per heavy atom. The van der Waals surface area contributed by atoms with Crippen LogP contribution in [-0.2, 0) is 0 Å². The van der Waals surface area contributed by atoms with E-state index in [2.05, 4.69) is 10.1 Å². The zero-order valence-electron chi connectivity index (χ0n) is 7.01. The van der Waals surface area contributed by atoms with Gasteiger partial charge in [0.1, 0.15) is 0 Å². The molecule has 0 bridgehead atoms. The van der Waals surface area contributed by atoms with E-state index in [0.717, 1.165) is 11.3 Å². The fraction of sp³-hybridized carbons (Fsp3) is 0.333. The van der Waals surface area contributed by atoms with Crippen molar-refractivity contribution in [3.63, 3.8) is 0 Å². The molecular formula is C9H9N3O. The molecule has 0 amide bonds. The molecule has 3 rings (SSSR count). The van der Waals surface area contributed by atoms with Gasteiger partial charge in [0.2, 0.25) is 5.88 Å². The second kappa shape index (κ2) is 2.22. The third kappa shape index (κ3) is 0.983. The first-order valence-electron chi connectivity index (χ1n) is 4.38. The summed E-state index contributed by atoms with van der Waals surface area (Å²) >= 11 is 0. The number of hydrogen-bond donors (Lipinski definition) is 1. The van der Waals surface area contributed by atoms with Crippen LogP contribution >= 0.6 is 0 Å². The predicted octanol–water partition coefficient (Wildman–Crippen LogP) is 1.31. The van der Waals surface area contributed by atoms with Crippen molar-refractivity contribution in [3.8, 4) is 5.88 Å². The molecule has 0 radical (unpaired) electrons. The number of rotatable bonds is 1. The molecule has 2 aromatic rings. The Bertz CT molecular complexity index is 459. The number of fused-ring (bicyclic) bond motifs is 1. The number of aromatic hydroxyl groups is 1. The van der Waals surface area contributed by atoms with Crippen LogP contribution in [0.4, 0.5) is 0 Å². The molecule has 4 nitrogen and oxygen atoms in total. The summed E-state index contributed by atoms with van der Waals surface area (Å²) in [6, 6.07) is 3.48. The molecule has 1 saturated carbocycles. The van der Waals surface area contributed by atoms with Gasteiger partial charge in [-0.05, 0) is 12.8 Å². The average Bonchev–Trinajstić information content (AvgIpc) is 2.87. The Morgan fingerprint density at radius 1 is 1.46 bits per heavy atom. The van der Waals surface area contributed by atoms with Crippen molar-refractivity contribution in [3.05, 3.63) is 24.0 Å². The summed E-state index contributed by atoms with van der Waals surface area (Å²) in [5, 5.41) is 13.7. The summed E-state index contributed by atoms with van der Waals surface area (Å²) < 4.78 is 1.48. The fourth-order valence-electron chi connectivity index (χ4n) is 1.48. The molecule has 1 aliphatic carbocycles. The van der Waals surface area contributed by atoms with Crippen LogP contribution in [0.1, 0.15) is 24.5 Å². The zero-order valence-corrected chi connectivity index (χ0v) is 7.01. The van der Waals surface area contributed by atoms with E-state index in [1.807, 2.05) is 6.07 Å². The molecule has 66 valence electrons. The van der Waals surface area contributed by atoms with Crippen LogP contribution in [0.2, 0.25) is 0 Å². The van der Waals surface area contributed by atoms with E-state index >= 15 is 0 Å². The first kappa shape index (κ1) is 6.88. The van der Waals surface area contributed by atoms with E-state index in [1.54, 1.807) is 6.20 Å². The van der Waals surface area contributed by atoms with Gasteiger partial charge in [-0.25, -0.2) is 4.98 Å². The highest BCUT2D eigenvalue weighted by atomic mass is 16.3. The van der Waals surface area contributed by atoms with Gasteiger partial charge in [-0.3, -0.25) is 0 Å². The van der Waals surface area contributed by atoms with Crippen molar-refractivity contribution in [2.75, 3.05) is 0 Å². The molecule has 0 aromatic carbocycles. The minimum Gasteiger partial charge on any atom is -0.493 e. The summed E-state index contributed by atoms with van der Waals surface area (Å²) in [5.41, 5.74) is 1.77. The van der Waals surface area contributed by atoms with E-state index < -0.39 is 0 Å². The number of nitrogens with zero attached hydrogens (tertiary/aromatic N) is 3. The summed E-state index contributed by atoms with van der Waals surface area (Å²) in [7, 11) is 0. The normalized spacial score (nSPS) is 16.6. The van der Waals surface area contributed by atoms with Gasteiger partial charge in [0.15, 0.2) is 5.65 Å². The summed E-state index contributed by atoms with van der Waals surface area (Å²) in [5.74, 6) is 0.748. The van der Waals surface area contributed by atoms with E-state index in [1.165, 1.54) is 23.4 Å². The van der Waals surface area contributed by atoms with Gasteiger partial charge in [0.25, 0.3) is 0 Å². The molecule has 1 N–H and O–H groups in total. The highest BCUT2D eigenvalue weighted by molar-refractivity contribution is 5.42. The van der Waals surface area contributed by atoms with Crippen LogP contribution in [0.3, 0.4) is 0 Å². The van der Waals surface area contributed by atoms with Gasteiger partial charge >= 0.3 is 0 Å². The van der Waals surface area contributed by atoms with Crippen molar-refractivity contribution in [2.24, 2.45) is 0 Å².